The maximum absolute atomic E-state index is 5.87. The van der Waals surface area contributed by atoms with Crippen molar-refractivity contribution >= 4 is 0 Å². The van der Waals surface area contributed by atoms with E-state index < -0.39 is 0 Å². The van der Waals surface area contributed by atoms with Crippen LogP contribution in [-0.2, 0) is 0 Å². The van der Waals surface area contributed by atoms with Gasteiger partial charge in [0.25, 0.3) is 0 Å². The van der Waals surface area contributed by atoms with Crippen LogP contribution in [0.3, 0.4) is 0 Å². The van der Waals surface area contributed by atoms with E-state index in [1.807, 2.05) is 0 Å². The van der Waals surface area contributed by atoms with Gasteiger partial charge in [0.2, 0.25) is 0 Å². The van der Waals surface area contributed by atoms with Crippen LogP contribution in [0.2, 0.25) is 0 Å². The molecule has 0 radical (unpaired) electrons. The number of aryl methyl sites for hydroxylation is 5. The lowest BCUT2D eigenvalue weighted by atomic mass is 9.88. The monoisotopic (exact) mass is 268 g/mol. The Morgan fingerprint density at radius 1 is 0.800 bits per heavy atom. The first-order chi connectivity index (χ1) is 9.43. The summed E-state index contributed by atoms with van der Waals surface area (Å²) in [5, 5.41) is 0. The standard InChI is InChI=1S/C18H24N2/c1-11-6-7-16(13(3)8-11)18(20-19)17-14(4)9-12(2)10-15(17)5/h6-10,18,20H,19H2,1-5H3. The molecule has 0 aliphatic heterocycles. The lowest BCUT2D eigenvalue weighted by Crippen LogP contribution is -2.30. The van der Waals surface area contributed by atoms with Crippen LogP contribution in [0.25, 0.3) is 0 Å². The van der Waals surface area contributed by atoms with Crippen LogP contribution in [0.1, 0.15) is 45.0 Å². The first kappa shape index (κ1) is 14.8. The second-order valence-electron chi connectivity index (χ2n) is 5.77. The Morgan fingerprint density at radius 3 is 1.85 bits per heavy atom. The highest BCUT2D eigenvalue weighted by Gasteiger charge is 2.19. The molecule has 0 amide bonds. The van der Waals surface area contributed by atoms with Gasteiger partial charge in [-0.25, -0.2) is 5.43 Å². The smallest absolute Gasteiger partial charge is 0.0717 e. The molecule has 2 nitrogen and oxygen atoms in total. The van der Waals surface area contributed by atoms with E-state index in [9.17, 15) is 0 Å². The van der Waals surface area contributed by atoms with Gasteiger partial charge in [-0.2, -0.15) is 0 Å². The van der Waals surface area contributed by atoms with Crippen molar-refractivity contribution in [3.8, 4) is 0 Å². The molecule has 0 aliphatic carbocycles. The molecular formula is C18H24N2. The summed E-state index contributed by atoms with van der Waals surface area (Å²) in [7, 11) is 0. The van der Waals surface area contributed by atoms with Gasteiger partial charge >= 0.3 is 0 Å². The Labute approximate surface area is 122 Å². The average Bonchev–Trinajstić information content (AvgIpc) is 2.34. The van der Waals surface area contributed by atoms with Crippen LogP contribution in [0.15, 0.2) is 30.3 Å². The Hall–Kier alpha value is -1.64. The van der Waals surface area contributed by atoms with Crippen molar-refractivity contribution in [2.45, 2.75) is 40.7 Å². The predicted octanol–water partition coefficient (Wildman–Crippen LogP) is 3.78. The highest BCUT2D eigenvalue weighted by Crippen LogP contribution is 2.30. The van der Waals surface area contributed by atoms with E-state index in [0.717, 1.165) is 0 Å². The number of rotatable bonds is 3. The molecule has 1 unspecified atom stereocenters. The molecule has 0 saturated carbocycles. The van der Waals surface area contributed by atoms with Gasteiger partial charge < -0.3 is 0 Å². The third kappa shape index (κ3) is 2.77. The van der Waals surface area contributed by atoms with Crippen molar-refractivity contribution < 1.29 is 0 Å². The van der Waals surface area contributed by atoms with Crippen molar-refractivity contribution in [2.75, 3.05) is 0 Å². The lowest BCUT2D eigenvalue weighted by Gasteiger charge is -2.23. The zero-order valence-electron chi connectivity index (χ0n) is 13.0. The van der Waals surface area contributed by atoms with E-state index >= 15 is 0 Å². The number of hydrogen-bond acceptors (Lipinski definition) is 2. The second-order valence-corrected chi connectivity index (χ2v) is 5.77. The molecule has 0 heterocycles. The molecule has 2 aromatic carbocycles. The van der Waals surface area contributed by atoms with E-state index in [2.05, 4.69) is 70.4 Å². The molecule has 2 aromatic rings. The molecule has 0 spiro atoms. The summed E-state index contributed by atoms with van der Waals surface area (Å²) < 4.78 is 0. The fourth-order valence-electron chi connectivity index (χ4n) is 3.12. The molecule has 0 aliphatic rings. The van der Waals surface area contributed by atoms with Crippen LogP contribution in [0.4, 0.5) is 0 Å². The first-order valence-electron chi connectivity index (χ1n) is 7.05. The zero-order valence-corrected chi connectivity index (χ0v) is 13.0. The summed E-state index contributed by atoms with van der Waals surface area (Å²) in [5.41, 5.74) is 11.9. The Balaban J connectivity index is 2.58. The van der Waals surface area contributed by atoms with Crippen LogP contribution in [0.5, 0.6) is 0 Å². The minimum Gasteiger partial charge on any atom is -0.271 e. The summed E-state index contributed by atoms with van der Waals surface area (Å²) in [6, 6.07) is 11.0. The van der Waals surface area contributed by atoms with E-state index in [-0.39, 0.29) is 6.04 Å². The van der Waals surface area contributed by atoms with Crippen molar-refractivity contribution in [1.29, 1.82) is 0 Å². The van der Waals surface area contributed by atoms with Crippen LogP contribution < -0.4 is 11.3 Å². The van der Waals surface area contributed by atoms with Gasteiger partial charge in [0.15, 0.2) is 0 Å². The van der Waals surface area contributed by atoms with Gasteiger partial charge in [-0.05, 0) is 62.4 Å². The zero-order chi connectivity index (χ0) is 14.9. The highest BCUT2D eigenvalue weighted by atomic mass is 15.2. The predicted molar refractivity (Wildman–Crippen MR) is 85.7 cm³/mol. The van der Waals surface area contributed by atoms with Gasteiger partial charge in [0.05, 0.1) is 6.04 Å². The van der Waals surface area contributed by atoms with Crippen molar-refractivity contribution in [3.63, 3.8) is 0 Å². The maximum atomic E-state index is 5.87. The molecule has 3 N–H and O–H groups in total. The SMILES string of the molecule is Cc1ccc(C(NN)c2c(C)cc(C)cc2C)c(C)c1. The maximum Gasteiger partial charge on any atom is 0.0717 e. The van der Waals surface area contributed by atoms with E-state index in [1.54, 1.807) is 0 Å². The molecule has 2 rings (SSSR count). The summed E-state index contributed by atoms with van der Waals surface area (Å²) in [4.78, 5) is 0. The molecule has 20 heavy (non-hydrogen) atoms. The molecular weight excluding hydrogens is 244 g/mol. The number of hydrazine groups is 1. The largest absolute Gasteiger partial charge is 0.271 e. The summed E-state index contributed by atoms with van der Waals surface area (Å²) in [6.45, 7) is 10.7. The molecule has 0 aromatic heterocycles. The average molecular weight is 268 g/mol. The number of nitrogens with two attached hydrogens (primary N) is 1. The molecule has 0 saturated heterocycles. The quantitative estimate of drug-likeness (QED) is 0.656. The second kappa shape index (κ2) is 5.78. The van der Waals surface area contributed by atoms with Crippen molar-refractivity contribution in [1.82, 2.24) is 5.43 Å². The molecule has 0 fully saturated rings. The number of hydrogen-bond donors (Lipinski definition) is 2. The van der Waals surface area contributed by atoms with E-state index in [1.165, 1.54) is 38.9 Å². The van der Waals surface area contributed by atoms with Crippen LogP contribution in [0, 0.1) is 34.6 Å². The Bertz CT molecular complexity index is 606. The Kier molecular flexibility index (Phi) is 4.26. The topological polar surface area (TPSA) is 38.0 Å². The van der Waals surface area contributed by atoms with E-state index in [4.69, 9.17) is 5.84 Å². The van der Waals surface area contributed by atoms with Gasteiger partial charge in [-0.15, -0.1) is 0 Å². The van der Waals surface area contributed by atoms with Gasteiger partial charge in [-0.1, -0.05) is 41.5 Å². The third-order valence-electron chi connectivity index (χ3n) is 3.93. The third-order valence-corrected chi connectivity index (χ3v) is 3.93. The fraction of sp³-hybridized carbons (Fsp3) is 0.333. The van der Waals surface area contributed by atoms with Crippen molar-refractivity contribution in [2.24, 2.45) is 5.84 Å². The first-order valence-corrected chi connectivity index (χ1v) is 7.05. The van der Waals surface area contributed by atoms with Crippen LogP contribution in [-0.4, -0.2) is 0 Å². The van der Waals surface area contributed by atoms with Gasteiger partial charge in [0, 0.05) is 0 Å². The summed E-state index contributed by atoms with van der Waals surface area (Å²) >= 11 is 0. The Morgan fingerprint density at radius 2 is 1.35 bits per heavy atom. The van der Waals surface area contributed by atoms with Crippen molar-refractivity contribution in [3.05, 3.63) is 69.3 Å². The molecule has 2 heteroatoms. The number of benzene rings is 2. The summed E-state index contributed by atoms with van der Waals surface area (Å²) in [6.07, 6.45) is 0. The van der Waals surface area contributed by atoms with E-state index in [0.29, 0.717) is 0 Å². The lowest BCUT2D eigenvalue weighted by molar-refractivity contribution is 0.627. The number of nitrogens with one attached hydrogen (secondary N) is 1. The summed E-state index contributed by atoms with van der Waals surface area (Å²) in [5.74, 6) is 5.87. The highest BCUT2D eigenvalue weighted by molar-refractivity contribution is 5.46. The van der Waals surface area contributed by atoms with Gasteiger partial charge in [0.1, 0.15) is 0 Å². The van der Waals surface area contributed by atoms with Gasteiger partial charge in [-0.3, -0.25) is 5.84 Å². The van der Waals surface area contributed by atoms with Crippen LogP contribution >= 0.6 is 0 Å². The molecule has 1 atom stereocenters. The minimum absolute atomic E-state index is 0.0381. The normalized spacial score (nSPS) is 12.5. The minimum atomic E-state index is 0.0381. The molecule has 0 bridgehead atoms. The fourth-order valence-corrected chi connectivity index (χ4v) is 3.12. The molecule has 106 valence electrons.